The largest absolute Gasteiger partial charge is 0.392 e. The van der Waals surface area contributed by atoms with E-state index < -0.39 is 0 Å². The number of hydrogen-bond acceptors (Lipinski definition) is 1. The van der Waals surface area contributed by atoms with Crippen LogP contribution in [-0.2, 0) is 6.61 Å². The Balaban J connectivity index is 2.94. The Kier molecular flexibility index (Phi) is 4.12. The van der Waals surface area contributed by atoms with Crippen LogP contribution in [0.25, 0.3) is 6.08 Å². The number of benzene rings is 1. The fourth-order valence-electron chi connectivity index (χ4n) is 1.04. The smallest absolute Gasteiger partial charge is 0.124 e. The van der Waals surface area contributed by atoms with Crippen molar-refractivity contribution in [1.82, 2.24) is 0 Å². The van der Waals surface area contributed by atoms with Gasteiger partial charge in [-0.2, -0.15) is 0 Å². The highest BCUT2D eigenvalue weighted by atomic mass is 79.9. The van der Waals surface area contributed by atoms with Crippen molar-refractivity contribution in [2.24, 2.45) is 0 Å². The van der Waals surface area contributed by atoms with E-state index in [4.69, 9.17) is 5.11 Å². The van der Waals surface area contributed by atoms with Gasteiger partial charge in [0.05, 0.1) is 6.61 Å². The normalized spacial score (nSPS) is 11.0. The van der Waals surface area contributed by atoms with Crippen LogP contribution < -0.4 is 0 Å². The van der Waals surface area contributed by atoms with Gasteiger partial charge in [0.15, 0.2) is 0 Å². The highest BCUT2D eigenvalue weighted by molar-refractivity contribution is 9.09. The molecule has 0 bridgehead atoms. The van der Waals surface area contributed by atoms with Gasteiger partial charge in [-0.3, -0.25) is 0 Å². The van der Waals surface area contributed by atoms with Gasteiger partial charge < -0.3 is 5.11 Å². The number of allylic oxidation sites excluding steroid dienone is 1. The first kappa shape index (κ1) is 10.4. The van der Waals surface area contributed by atoms with Gasteiger partial charge in [-0.25, -0.2) is 4.39 Å². The Hall–Kier alpha value is -0.670. The highest BCUT2D eigenvalue weighted by Crippen LogP contribution is 2.10. The molecule has 1 nitrogen and oxygen atoms in total. The van der Waals surface area contributed by atoms with Crippen LogP contribution in [0, 0.1) is 5.82 Å². The Morgan fingerprint density at radius 3 is 2.77 bits per heavy atom. The summed E-state index contributed by atoms with van der Waals surface area (Å²) in [5, 5.41) is 9.55. The zero-order valence-corrected chi connectivity index (χ0v) is 8.59. The number of aliphatic hydroxyl groups is 1. The highest BCUT2D eigenvalue weighted by Gasteiger charge is 1.96. The van der Waals surface area contributed by atoms with E-state index in [0.29, 0.717) is 5.56 Å². The minimum absolute atomic E-state index is 0.132. The number of hydrogen-bond donors (Lipinski definition) is 1. The Morgan fingerprint density at radius 1 is 1.38 bits per heavy atom. The quantitative estimate of drug-likeness (QED) is 0.812. The lowest BCUT2D eigenvalue weighted by Crippen LogP contribution is -1.86. The van der Waals surface area contributed by atoms with E-state index in [0.717, 1.165) is 10.9 Å². The summed E-state index contributed by atoms with van der Waals surface area (Å²) < 4.78 is 12.9. The van der Waals surface area contributed by atoms with Gasteiger partial charge in [0.1, 0.15) is 5.82 Å². The first-order valence-electron chi connectivity index (χ1n) is 3.89. The van der Waals surface area contributed by atoms with Gasteiger partial charge in [0, 0.05) is 5.33 Å². The molecule has 0 radical (unpaired) electrons. The molecule has 0 aliphatic rings. The van der Waals surface area contributed by atoms with E-state index in [1.165, 1.54) is 12.1 Å². The molecule has 0 unspecified atom stereocenters. The average molecular weight is 245 g/mol. The molecule has 0 spiro atoms. The van der Waals surface area contributed by atoms with Crippen molar-refractivity contribution in [2.75, 3.05) is 5.33 Å². The molecule has 1 N–H and O–H groups in total. The summed E-state index contributed by atoms with van der Waals surface area (Å²) in [5.41, 5.74) is 1.36. The van der Waals surface area contributed by atoms with Crippen molar-refractivity contribution in [3.63, 3.8) is 0 Å². The zero-order chi connectivity index (χ0) is 9.68. The van der Waals surface area contributed by atoms with Crippen molar-refractivity contribution in [3.8, 4) is 0 Å². The molecule has 1 aromatic rings. The summed E-state index contributed by atoms with van der Waals surface area (Å²) >= 11 is 3.23. The topological polar surface area (TPSA) is 20.2 Å². The van der Waals surface area contributed by atoms with Crippen LogP contribution in [0.1, 0.15) is 11.1 Å². The summed E-state index contributed by atoms with van der Waals surface area (Å²) in [4.78, 5) is 0. The SMILES string of the molecule is OCc1cc(F)cc(C=CCBr)c1. The van der Waals surface area contributed by atoms with Crippen LogP contribution in [0.5, 0.6) is 0 Å². The summed E-state index contributed by atoms with van der Waals surface area (Å²) in [6.45, 7) is -0.132. The first-order valence-corrected chi connectivity index (χ1v) is 5.01. The molecule has 0 saturated carbocycles. The van der Waals surface area contributed by atoms with Crippen LogP contribution in [0.4, 0.5) is 4.39 Å². The molecule has 0 aliphatic heterocycles. The van der Waals surface area contributed by atoms with Gasteiger partial charge in [-0.1, -0.05) is 28.1 Å². The molecule has 1 aromatic carbocycles. The fraction of sp³-hybridized carbons (Fsp3) is 0.200. The second-order valence-corrected chi connectivity index (χ2v) is 3.26. The van der Waals surface area contributed by atoms with E-state index in [9.17, 15) is 4.39 Å². The molecule has 0 heterocycles. The van der Waals surface area contributed by atoms with Crippen LogP contribution in [-0.4, -0.2) is 10.4 Å². The molecule has 0 aliphatic carbocycles. The number of alkyl halides is 1. The predicted molar refractivity (Wildman–Crippen MR) is 55.2 cm³/mol. The van der Waals surface area contributed by atoms with E-state index >= 15 is 0 Å². The summed E-state index contributed by atoms with van der Waals surface area (Å²) in [6.07, 6.45) is 3.67. The van der Waals surface area contributed by atoms with E-state index in [-0.39, 0.29) is 12.4 Å². The molecule has 70 valence electrons. The first-order chi connectivity index (χ1) is 6.26. The Bertz CT molecular complexity index is 310. The third-order valence-corrected chi connectivity index (χ3v) is 1.94. The van der Waals surface area contributed by atoms with E-state index in [1.54, 1.807) is 12.1 Å². The standard InChI is InChI=1S/C10H10BrFO/c11-3-1-2-8-4-9(7-13)6-10(12)5-8/h1-2,4-6,13H,3,7H2. The molecular weight excluding hydrogens is 235 g/mol. The van der Waals surface area contributed by atoms with E-state index in [1.807, 2.05) is 6.08 Å². The maximum absolute atomic E-state index is 12.9. The van der Waals surface area contributed by atoms with Gasteiger partial charge in [0.2, 0.25) is 0 Å². The monoisotopic (exact) mass is 244 g/mol. The lowest BCUT2D eigenvalue weighted by Gasteiger charge is -1.99. The Labute approximate surface area is 85.0 Å². The van der Waals surface area contributed by atoms with Crippen molar-refractivity contribution < 1.29 is 9.50 Å². The molecule has 0 fully saturated rings. The van der Waals surface area contributed by atoms with Crippen LogP contribution in [0.2, 0.25) is 0 Å². The molecule has 13 heavy (non-hydrogen) atoms. The molecule has 0 atom stereocenters. The lowest BCUT2D eigenvalue weighted by atomic mass is 10.1. The maximum Gasteiger partial charge on any atom is 0.124 e. The fourth-order valence-corrected chi connectivity index (χ4v) is 1.23. The molecule has 3 heteroatoms. The van der Waals surface area contributed by atoms with Gasteiger partial charge in [-0.15, -0.1) is 0 Å². The third kappa shape index (κ3) is 3.28. The van der Waals surface area contributed by atoms with Crippen molar-refractivity contribution >= 4 is 22.0 Å². The van der Waals surface area contributed by atoms with Crippen molar-refractivity contribution in [2.45, 2.75) is 6.61 Å². The number of rotatable bonds is 3. The number of halogens is 2. The van der Waals surface area contributed by atoms with Gasteiger partial charge in [-0.05, 0) is 29.3 Å². The van der Waals surface area contributed by atoms with Gasteiger partial charge in [0.25, 0.3) is 0 Å². The lowest BCUT2D eigenvalue weighted by molar-refractivity contribution is 0.281. The molecule has 0 saturated heterocycles. The minimum Gasteiger partial charge on any atom is -0.392 e. The van der Waals surface area contributed by atoms with Gasteiger partial charge >= 0.3 is 0 Å². The van der Waals surface area contributed by atoms with Crippen LogP contribution in [0.3, 0.4) is 0 Å². The van der Waals surface area contributed by atoms with E-state index in [2.05, 4.69) is 15.9 Å². The average Bonchev–Trinajstić information content (AvgIpc) is 2.14. The zero-order valence-electron chi connectivity index (χ0n) is 7.00. The minimum atomic E-state index is -0.319. The second-order valence-electron chi connectivity index (χ2n) is 2.61. The third-order valence-electron chi connectivity index (χ3n) is 1.56. The van der Waals surface area contributed by atoms with Crippen molar-refractivity contribution in [3.05, 3.63) is 41.2 Å². The molecule has 0 aromatic heterocycles. The summed E-state index contributed by atoms with van der Waals surface area (Å²) in [6, 6.07) is 4.51. The van der Waals surface area contributed by atoms with Crippen LogP contribution in [0.15, 0.2) is 24.3 Å². The summed E-state index contributed by atoms with van der Waals surface area (Å²) in [7, 11) is 0. The predicted octanol–water partition coefficient (Wildman–Crippen LogP) is 2.73. The van der Waals surface area contributed by atoms with Crippen molar-refractivity contribution in [1.29, 1.82) is 0 Å². The maximum atomic E-state index is 12.9. The molecular formula is C10H10BrFO. The Morgan fingerprint density at radius 2 is 2.15 bits per heavy atom. The second kappa shape index (κ2) is 5.14. The molecule has 1 rings (SSSR count). The summed E-state index contributed by atoms with van der Waals surface area (Å²) in [5.74, 6) is -0.319. The van der Waals surface area contributed by atoms with Crippen LogP contribution >= 0.6 is 15.9 Å². The number of aliphatic hydroxyl groups excluding tert-OH is 1. The molecule has 0 amide bonds.